The summed E-state index contributed by atoms with van der Waals surface area (Å²) in [5.41, 5.74) is 9.50. The number of carbonyl (C=O) groups excluding carboxylic acids is 2. The van der Waals surface area contributed by atoms with Crippen LogP contribution in [0.3, 0.4) is 0 Å². The molecule has 1 unspecified atom stereocenters. The van der Waals surface area contributed by atoms with Crippen molar-refractivity contribution in [2.75, 3.05) is 18.8 Å². The van der Waals surface area contributed by atoms with E-state index < -0.39 is 0 Å². The molecule has 1 atom stereocenters. The van der Waals surface area contributed by atoms with Gasteiger partial charge in [0, 0.05) is 72.4 Å². The summed E-state index contributed by atoms with van der Waals surface area (Å²) in [5, 5.41) is 8.06. The Kier molecular flexibility index (Phi) is 4.85. The molecule has 1 aromatic carbocycles. The van der Waals surface area contributed by atoms with E-state index in [-0.39, 0.29) is 23.7 Å². The molecule has 0 radical (unpaired) electrons. The van der Waals surface area contributed by atoms with Crippen LogP contribution in [-0.2, 0) is 7.05 Å². The summed E-state index contributed by atoms with van der Waals surface area (Å²) < 4.78 is 1.68. The highest BCUT2D eigenvalue weighted by molar-refractivity contribution is 6.06. The Morgan fingerprint density at radius 3 is 2.88 bits per heavy atom. The van der Waals surface area contributed by atoms with E-state index in [9.17, 15) is 9.59 Å². The molecule has 1 fully saturated rings. The number of nitrogens with one attached hydrogen (secondary N) is 2. The lowest BCUT2D eigenvalue weighted by Crippen LogP contribution is -2.38. The van der Waals surface area contributed by atoms with E-state index in [4.69, 9.17) is 5.73 Å². The summed E-state index contributed by atoms with van der Waals surface area (Å²) in [6, 6.07) is 9.12. The smallest absolute Gasteiger partial charge is 0.255 e. The molecule has 0 aliphatic carbocycles. The molecule has 9 nitrogen and oxygen atoms in total. The van der Waals surface area contributed by atoms with E-state index in [0.29, 0.717) is 30.6 Å². The number of aromatic nitrogens is 4. The van der Waals surface area contributed by atoms with Crippen LogP contribution >= 0.6 is 0 Å². The third kappa shape index (κ3) is 3.58. The zero-order chi connectivity index (χ0) is 22.2. The van der Waals surface area contributed by atoms with Crippen LogP contribution < -0.4 is 11.1 Å². The minimum absolute atomic E-state index is 0.0355. The molecule has 162 valence electrons. The van der Waals surface area contributed by atoms with Gasteiger partial charge in [-0.15, -0.1) is 0 Å². The lowest BCUT2D eigenvalue weighted by molar-refractivity contribution is 0.0785. The van der Waals surface area contributed by atoms with E-state index in [0.717, 1.165) is 22.0 Å². The van der Waals surface area contributed by atoms with Gasteiger partial charge in [-0.25, -0.2) is 4.98 Å². The van der Waals surface area contributed by atoms with Gasteiger partial charge in [0.05, 0.1) is 11.8 Å². The largest absolute Gasteiger partial charge is 0.383 e. The number of fused-ring (bicyclic) bond motifs is 1. The molecule has 1 saturated heterocycles. The van der Waals surface area contributed by atoms with Crippen molar-refractivity contribution in [2.24, 2.45) is 7.05 Å². The summed E-state index contributed by atoms with van der Waals surface area (Å²) in [6.07, 6.45) is 7.68. The molecule has 4 heterocycles. The molecular formula is C23H23N7O2. The van der Waals surface area contributed by atoms with Gasteiger partial charge < -0.3 is 20.9 Å². The van der Waals surface area contributed by atoms with Crippen molar-refractivity contribution >= 4 is 28.5 Å². The quantitative estimate of drug-likeness (QED) is 0.459. The Labute approximate surface area is 184 Å². The average molecular weight is 429 g/mol. The first-order valence-corrected chi connectivity index (χ1v) is 10.4. The Bertz CT molecular complexity index is 1320. The van der Waals surface area contributed by atoms with Crippen LogP contribution in [0.5, 0.6) is 0 Å². The lowest BCUT2D eigenvalue weighted by Gasteiger charge is -2.18. The van der Waals surface area contributed by atoms with Gasteiger partial charge in [-0.2, -0.15) is 5.10 Å². The van der Waals surface area contributed by atoms with Crippen molar-refractivity contribution in [3.8, 4) is 11.1 Å². The highest BCUT2D eigenvalue weighted by Gasteiger charge is 2.29. The maximum Gasteiger partial charge on any atom is 0.255 e. The number of nitrogens with two attached hydrogens (primary N) is 1. The van der Waals surface area contributed by atoms with Crippen LogP contribution in [0.2, 0.25) is 0 Å². The number of anilines is 1. The van der Waals surface area contributed by atoms with Crippen LogP contribution in [0.4, 0.5) is 5.82 Å². The number of hydrogen-bond donors (Lipinski definition) is 3. The first kappa shape index (κ1) is 19.8. The zero-order valence-electron chi connectivity index (χ0n) is 17.6. The number of aromatic amines is 1. The Morgan fingerprint density at radius 2 is 2.06 bits per heavy atom. The van der Waals surface area contributed by atoms with Crippen molar-refractivity contribution in [2.45, 2.75) is 12.5 Å². The first-order valence-electron chi connectivity index (χ1n) is 10.4. The van der Waals surface area contributed by atoms with Crippen molar-refractivity contribution < 1.29 is 9.59 Å². The number of pyridine rings is 1. The van der Waals surface area contributed by atoms with Gasteiger partial charge in [-0.3, -0.25) is 14.3 Å². The molecule has 5 rings (SSSR count). The maximum absolute atomic E-state index is 13.1. The second kappa shape index (κ2) is 7.84. The minimum Gasteiger partial charge on any atom is -0.383 e. The molecule has 3 aromatic heterocycles. The predicted molar refractivity (Wildman–Crippen MR) is 121 cm³/mol. The number of amides is 2. The van der Waals surface area contributed by atoms with Crippen molar-refractivity contribution in [3.63, 3.8) is 0 Å². The molecule has 0 spiro atoms. The van der Waals surface area contributed by atoms with Crippen molar-refractivity contribution in [3.05, 3.63) is 66.2 Å². The normalized spacial score (nSPS) is 15.9. The molecule has 4 aromatic rings. The Hall–Kier alpha value is -4.14. The second-order valence-corrected chi connectivity index (χ2v) is 8.01. The third-order valence-corrected chi connectivity index (χ3v) is 5.84. The monoisotopic (exact) mass is 429 g/mol. The van der Waals surface area contributed by atoms with E-state index in [1.807, 2.05) is 43.7 Å². The molecule has 1 aliphatic rings. The fourth-order valence-electron chi connectivity index (χ4n) is 4.15. The number of nitrogens with zero attached hydrogens (tertiary/aromatic N) is 4. The molecule has 1 aliphatic heterocycles. The van der Waals surface area contributed by atoms with E-state index in [1.54, 1.807) is 28.0 Å². The van der Waals surface area contributed by atoms with Gasteiger partial charge in [-0.1, -0.05) is 6.07 Å². The van der Waals surface area contributed by atoms with Gasteiger partial charge in [0.2, 0.25) is 0 Å². The van der Waals surface area contributed by atoms with Crippen molar-refractivity contribution in [1.82, 2.24) is 30.0 Å². The number of aryl methyl sites for hydroxylation is 1. The van der Waals surface area contributed by atoms with E-state index >= 15 is 0 Å². The van der Waals surface area contributed by atoms with E-state index in [1.165, 1.54) is 0 Å². The second-order valence-electron chi connectivity index (χ2n) is 8.01. The highest BCUT2D eigenvalue weighted by Crippen LogP contribution is 2.23. The summed E-state index contributed by atoms with van der Waals surface area (Å²) in [4.78, 5) is 35.1. The molecule has 0 saturated carbocycles. The van der Waals surface area contributed by atoms with Crippen LogP contribution in [0.25, 0.3) is 22.0 Å². The van der Waals surface area contributed by atoms with Crippen molar-refractivity contribution in [1.29, 1.82) is 0 Å². The van der Waals surface area contributed by atoms with Gasteiger partial charge in [0.15, 0.2) is 0 Å². The van der Waals surface area contributed by atoms with Gasteiger partial charge in [0.25, 0.3) is 11.8 Å². The van der Waals surface area contributed by atoms with Gasteiger partial charge in [-0.05, 0) is 30.7 Å². The summed E-state index contributed by atoms with van der Waals surface area (Å²) in [6.45, 7) is 1.02. The summed E-state index contributed by atoms with van der Waals surface area (Å²) in [7, 11) is 1.82. The number of carbonyl (C=O) groups is 2. The van der Waals surface area contributed by atoms with Gasteiger partial charge in [0.1, 0.15) is 5.82 Å². The molecule has 0 bridgehead atoms. The van der Waals surface area contributed by atoms with Crippen LogP contribution in [0.1, 0.15) is 27.1 Å². The molecule has 4 N–H and O–H groups in total. The molecule has 32 heavy (non-hydrogen) atoms. The Morgan fingerprint density at radius 1 is 1.19 bits per heavy atom. The van der Waals surface area contributed by atoms with Crippen LogP contribution in [0, 0.1) is 0 Å². The number of likely N-dealkylation sites (tertiary alicyclic amines) is 1. The SMILES string of the molecule is Cn1cc(-c2cnc(N)c(C(=O)NC3CCN(C(=O)c4cccc5[nH]ccc45)C3)c2)cn1. The van der Waals surface area contributed by atoms with E-state index in [2.05, 4.69) is 20.4 Å². The van der Waals surface area contributed by atoms with Crippen LogP contribution in [0.15, 0.2) is 55.1 Å². The molecular weight excluding hydrogens is 406 g/mol. The van der Waals surface area contributed by atoms with Crippen LogP contribution in [-0.4, -0.2) is 55.6 Å². The fourth-order valence-corrected chi connectivity index (χ4v) is 4.15. The zero-order valence-corrected chi connectivity index (χ0v) is 17.6. The number of benzene rings is 1. The summed E-state index contributed by atoms with van der Waals surface area (Å²) in [5.74, 6) is -0.167. The lowest BCUT2D eigenvalue weighted by atomic mass is 10.1. The molecule has 9 heteroatoms. The highest BCUT2D eigenvalue weighted by atomic mass is 16.2. The predicted octanol–water partition coefficient (Wildman–Crippen LogP) is 2.19. The standard InChI is InChI=1S/C23H23N7O2/c1-29-12-15(11-27-29)14-9-19(21(24)26-10-14)22(31)28-16-6-8-30(13-16)23(32)18-3-2-4-20-17(18)5-7-25-20/h2-5,7,9-12,16,25H,6,8,13H2,1H3,(H2,24,26)(H,28,31). The average Bonchev–Trinajstić information content (AvgIpc) is 3.54. The fraction of sp³-hybridized carbons (Fsp3) is 0.217. The topological polar surface area (TPSA) is 122 Å². The third-order valence-electron chi connectivity index (χ3n) is 5.84. The number of H-pyrrole nitrogens is 1. The number of nitrogen functional groups attached to an aromatic ring is 1. The molecule has 2 amide bonds. The van der Waals surface area contributed by atoms with Gasteiger partial charge >= 0.3 is 0 Å². The summed E-state index contributed by atoms with van der Waals surface area (Å²) >= 11 is 0. The number of rotatable bonds is 4. The number of hydrogen-bond acceptors (Lipinski definition) is 5. The first-order chi connectivity index (χ1) is 15.5. The Balaban J connectivity index is 1.29. The minimum atomic E-state index is -0.298. The maximum atomic E-state index is 13.1.